The van der Waals surface area contributed by atoms with Crippen molar-refractivity contribution < 1.29 is 9.18 Å². The molecule has 0 aliphatic carbocycles. The minimum atomic E-state index is -0.212. The van der Waals surface area contributed by atoms with Gasteiger partial charge < -0.3 is 4.90 Å². The fraction of sp³-hybridized carbons (Fsp3) is 0.562. The summed E-state index contributed by atoms with van der Waals surface area (Å²) < 4.78 is 13.9. The molecule has 1 aromatic rings. The van der Waals surface area contributed by atoms with Gasteiger partial charge in [-0.15, -0.1) is 11.8 Å². The number of hydrogen-bond acceptors (Lipinski definition) is 2. The molecule has 2 rings (SSSR count). The second-order valence-corrected chi connectivity index (χ2v) is 6.33. The van der Waals surface area contributed by atoms with E-state index in [1.165, 1.54) is 18.9 Å². The molecule has 0 spiro atoms. The topological polar surface area (TPSA) is 20.3 Å². The van der Waals surface area contributed by atoms with Crippen LogP contribution < -0.4 is 0 Å². The van der Waals surface area contributed by atoms with Crippen molar-refractivity contribution in [2.75, 3.05) is 12.3 Å². The largest absolute Gasteiger partial charge is 0.326 e. The lowest BCUT2D eigenvalue weighted by atomic mass is 10.1. The normalized spacial score (nSPS) is 18.5. The molecule has 0 bridgehead atoms. The number of halogens is 1. The van der Waals surface area contributed by atoms with E-state index in [0.29, 0.717) is 12.0 Å². The number of unbranched alkanes of at least 4 members (excludes halogenated alkanes) is 3. The van der Waals surface area contributed by atoms with E-state index in [0.717, 1.165) is 25.1 Å². The summed E-state index contributed by atoms with van der Waals surface area (Å²) >= 11 is 1.65. The van der Waals surface area contributed by atoms with Gasteiger partial charge >= 0.3 is 0 Å². The Labute approximate surface area is 124 Å². The molecule has 1 aliphatic rings. The second-order valence-electron chi connectivity index (χ2n) is 5.14. The maximum Gasteiger partial charge on any atom is 0.223 e. The van der Waals surface area contributed by atoms with Crippen LogP contribution in [0.1, 0.15) is 50.0 Å². The summed E-state index contributed by atoms with van der Waals surface area (Å²) in [5, 5.41) is -0.144. The minimum Gasteiger partial charge on any atom is -0.326 e. The van der Waals surface area contributed by atoms with Gasteiger partial charge in [-0.25, -0.2) is 4.39 Å². The molecule has 4 heteroatoms. The minimum absolute atomic E-state index is 0.144. The van der Waals surface area contributed by atoms with Crippen LogP contribution in [0.15, 0.2) is 24.3 Å². The smallest absolute Gasteiger partial charge is 0.223 e. The van der Waals surface area contributed by atoms with Crippen LogP contribution in [0.2, 0.25) is 0 Å². The second kappa shape index (κ2) is 7.67. The molecule has 1 heterocycles. The van der Waals surface area contributed by atoms with Gasteiger partial charge in [-0.05, 0) is 12.5 Å². The number of carbonyl (C=O) groups is 1. The summed E-state index contributed by atoms with van der Waals surface area (Å²) in [6, 6.07) is 6.78. The van der Waals surface area contributed by atoms with Gasteiger partial charge in [0.25, 0.3) is 0 Å². The van der Waals surface area contributed by atoms with Crippen LogP contribution in [0.4, 0.5) is 4.39 Å². The lowest BCUT2D eigenvalue weighted by molar-refractivity contribution is -0.131. The van der Waals surface area contributed by atoms with Crippen molar-refractivity contribution in [3.8, 4) is 0 Å². The number of amides is 1. The van der Waals surface area contributed by atoms with Crippen LogP contribution in [0, 0.1) is 5.82 Å². The van der Waals surface area contributed by atoms with Crippen molar-refractivity contribution >= 4 is 17.7 Å². The molecule has 0 N–H and O–H groups in total. The average molecular weight is 295 g/mol. The first-order valence-electron chi connectivity index (χ1n) is 7.39. The van der Waals surface area contributed by atoms with Crippen molar-refractivity contribution in [1.29, 1.82) is 0 Å². The molecule has 0 unspecified atom stereocenters. The first kappa shape index (κ1) is 15.4. The Morgan fingerprint density at radius 1 is 1.35 bits per heavy atom. The highest BCUT2D eigenvalue weighted by Gasteiger charge is 2.31. The van der Waals surface area contributed by atoms with E-state index in [4.69, 9.17) is 0 Å². The van der Waals surface area contributed by atoms with Crippen LogP contribution >= 0.6 is 11.8 Å². The van der Waals surface area contributed by atoms with Crippen molar-refractivity contribution in [1.82, 2.24) is 4.90 Å². The van der Waals surface area contributed by atoms with Gasteiger partial charge in [-0.2, -0.15) is 0 Å². The maximum atomic E-state index is 13.9. The van der Waals surface area contributed by atoms with E-state index >= 15 is 0 Å². The molecule has 1 amide bonds. The molecular formula is C16H22FNOS. The van der Waals surface area contributed by atoms with E-state index in [1.807, 2.05) is 11.0 Å². The molecule has 1 saturated heterocycles. The number of thioether (sulfide) groups is 1. The summed E-state index contributed by atoms with van der Waals surface area (Å²) in [6.45, 7) is 2.89. The summed E-state index contributed by atoms with van der Waals surface area (Å²) in [5.74, 6) is 0.842. The zero-order chi connectivity index (χ0) is 14.4. The van der Waals surface area contributed by atoms with Gasteiger partial charge in [-0.3, -0.25) is 4.79 Å². The molecule has 2 nitrogen and oxygen atoms in total. The Hall–Kier alpha value is -1.03. The summed E-state index contributed by atoms with van der Waals surface area (Å²) in [5.41, 5.74) is 0.636. The number of carbonyl (C=O) groups excluding carboxylic acids is 1. The number of hydrogen-bond donors (Lipinski definition) is 0. The number of rotatable bonds is 6. The summed E-state index contributed by atoms with van der Waals surface area (Å²) in [7, 11) is 0. The Morgan fingerprint density at radius 2 is 2.15 bits per heavy atom. The molecule has 1 atom stereocenters. The Morgan fingerprint density at radius 3 is 2.90 bits per heavy atom. The van der Waals surface area contributed by atoms with Gasteiger partial charge in [0.1, 0.15) is 11.2 Å². The quantitative estimate of drug-likeness (QED) is 0.726. The third kappa shape index (κ3) is 3.75. The first-order chi connectivity index (χ1) is 9.74. The molecular weight excluding hydrogens is 273 g/mol. The van der Waals surface area contributed by atoms with E-state index in [9.17, 15) is 9.18 Å². The monoisotopic (exact) mass is 295 g/mol. The van der Waals surface area contributed by atoms with Crippen molar-refractivity contribution in [3.05, 3.63) is 35.6 Å². The lowest BCUT2D eigenvalue weighted by Crippen LogP contribution is -2.30. The Kier molecular flexibility index (Phi) is 5.89. The van der Waals surface area contributed by atoms with E-state index in [-0.39, 0.29) is 17.1 Å². The van der Waals surface area contributed by atoms with E-state index in [1.54, 1.807) is 23.9 Å². The fourth-order valence-electron chi connectivity index (χ4n) is 2.51. The van der Waals surface area contributed by atoms with Crippen LogP contribution in [0.25, 0.3) is 0 Å². The molecule has 110 valence electrons. The molecule has 0 aromatic heterocycles. The van der Waals surface area contributed by atoms with Crippen molar-refractivity contribution in [3.63, 3.8) is 0 Å². The highest BCUT2D eigenvalue weighted by Crippen LogP contribution is 2.39. The fourth-order valence-corrected chi connectivity index (χ4v) is 3.80. The standard InChI is InChI=1S/C16H22FNOS/c1-2-3-4-5-10-15(19)18-11-12-20-16(18)13-8-6-7-9-14(13)17/h6-9,16H,2-5,10-12H2,1H3/t16-/m0/s1. The lowest BCUT2D eigenvalue weighted by Gasteiger charge is -2.24. The van der Waals surface area contributed by atoms with Gasteiger partial charge in [0.2, 0.25) is 5.91 Å². The van der Waals surface area contributed by atoms with Gasteiger partial charge in [0.05, 0.1) is 0 Å². The van der Waals surface area contributed by atoms with Crippen LogP contribution in [0.5, 0.6) is 0 Å². The Bertz CT molecular complexity index is 452. The van der Waals surface area contributed by atoms with Gasteiger partial charge in [0.15, 0.2) is 0 Å². The van der Waals surface area contributed by atoms with Gasteiger partial charge in [-0.1, -0.05) is 44.4 Å². The Balaban J connectivity index is 1.97. The first-order valence-corrected chi connectivity index (χ1v) is 8.44. The van der Waals surface area contributed by atoms with Gasteiger partial charge in [0, 0.05) is 24.3 Å². The molecule has 0 radical (unpaired) electrons. The van der Waals surface area contributed by atoms with E-state index < -0.39 is 0 Å². The predicted octanol–water partition coefficient (Wildman–Crippen LogP) is 4.37. The zero-order valence-corrected chi connectivity index (χ0v) is 12.8. The predicted molar refractivity (Wildman–Crippen MR) is 82.1 cm³/mol. The molecule has 20 heavy (non-hydrogen) atoms. The third-order valence-electron chi connectivity index (χ3n) is 3.63. The number of nitrogens with zero attached hydrogens (tertiary/aromatic N) is 1. The highest BCUT2D eigenvalue weighted by molar-refractivity contribution is 7.99. The average Bonchev–Trinajstić information content (AvgIpc) is 2.93. The van der Waals surface area contributed by atoms with Crippen molar-refractivity contribution in [2.24, 2.45) is 0 Å². The SMILES string of the molecule is CCCCCCC(=O)N1CCS[C@H]1c1ccccc1F. The zero-order valence-electron chi connectivity index (χ0n) is 12.0. The van der Waals surface area contributed by atoms with Crippen LogP contribution in [0.3, 0.4) is 0 Å². The van der Waals surface area contributed by atoms with E-state index in [2.05, 4.69) is 6.92 Å². The molecule has 1 aliphatic heterocycles. The van der Waals surface area contributed by atoms with Crippen LogP contribution in [-0.2, 0) is 4.79 Å². The maximum absolute atomic E-state index is 13.9. The van der Waals surface area contributed by atoms with Crippen LogP contribution in [-0.4, -0.2) is 23.1 Å². The highest BCUT2D eigenvalue weighted by atomic mass is 32.2. The van der Waals surface area contributed by atoms with Crippen molar-refractivity contribution in [2.45, 2.75) is 44.4 Å². The molecule has 0 saturated carbocycles. The third-order valence-corrected chi connectivity index (χ3v) is 4.87. The number of benzene rings is 1. The summed E-state index contributed by atoms with van der Waals surface area (Å²) in [6.07, 6.45) is 4.99. The molecule has 1 aromatic carbocycles. The summed E-state index contributed by atoms with van der Waals surface area (Å²) in [4.78, 5) is 14.1. The molecule has 1 fully saturated rings.